The van der Waals surface area contributed by atoms with Gasteiger partial charge in [-0.15, -0.1) is 0 Å². The highest BCUT2D eigenvalue weighted by atomic mass is 16.5. The van der Waals surface area contributed by atoms with E-state index in [-0.39, 0.29) is 5.91 Å². The number of carbonyl (C=O) groups is 2. The Bertz CT molecular complexity index is 1030. The first-order chi connectivity index (χ1) is 14.1. The zero-order valence-electron chi connectivity index (χ0n) is 16.2. The van der Waals surface area contributed by atoms with Gasteiger partial charge >= 0.3 is 5.97 Å². The fourth-order valence-electron chi connectivity index (χ4n) is 3.42. The Hall–Kier alpha value is -3.25. The first-order valence-electron chi connectivity index (χ1n) is 9.66. The first-order valence-corrected chi connectivity index (χ1v) is 9.66. The normalized spacial score (nSPS) is 15.1. The molecule has 1 atom stereocenters. The predicted molar refractivity (Wildman–Crippen MR) is 109 cm³/mol. The molecular weight excluding hydrogens is 368 g/mol. The molecule has 2 heterocycles. The van der Waals surface area contributed by atoms with E-state index in [2.05, 4.69) is 4.98 Å². The van der Waals surface area contributed by atoms with Crippen LogP contribution in [-0.4, -0.2) is 54.2 Å². The average molecular weight is 390 g/mol. The number of fused-ring (bicyclic) bond motifs is 1. The van der Waals surface area contributed by atoms with Crippen molar-refractivity contribution in [2.45, 2.75) is 13.0 Å². The van der Waals surface area contributed by atoms with Gasteiger partial charge in [-0.1, -0.05) is 48.5 Å². The van der Waals surface area contributed by atoms with Gasteiger partial charge in [0.25, 0.3) is 5.91 Å². The fourth-order valence-corrected chi connectivity index (χ4v) is 3.42. The molecule has 148 valence electrons. The van der Waals surface area contributed by atoms with Crippen LogP contribution >= 0.6 is 0 Å². The molecule has 6 nitrogen and oxygen atoms in total. The van der Waals surface area contributed by atoms with Gasteiger partial charge in [0, 0.05) is 24.0 Å². The number of carbonyl (C=O) groups excluding carboxylic acids is 2. The molecule has 1 amide bonds. The van der Waals surface area contributed by atoms with Crippen molar-refractivity contribution in [3.63, 3.8) is 0 Å². The minimum Gasteiger partial charge on any atom is -0.449 e. The molecule has 0 aliphatic carbocycles. The number of hydrogen-bond donors (Lipinski definition) is 0. The molecule has 29 heavy (non-hydrogen) atoms. The molecule has 6 heteroatoms. The molecule has 1 fully saturated rings. The summed E-state index contributed by atoms with van der Waals surface area (Å²) < 4.78 is 10.8. The maximum atomic E-state index is 13.0. The second-order valence-electron chi connectivity index (χ2n) is 6.92. The minimum absolute atomic E-state index is 0.205. The van der Waals surface area contributed by atoms with Crippen LogP contribution in [0.2, 0.25) is 0 Å². The Labute approximate surface area is 169 Å². The number of rotatable bonds is 4. The fraction of sp³-hybridized carbons (Fsp3) is 0.261. The highest BCUT2D eigenvalue weighted by molar-refractivity contribution is 6.05. The highest BCUT2D eigenvalue weighted by Gasteiger charge is 2.26. The predicted octanol–water partition coefficient (Wildman–Crippen LogP) is 3.31. The number of benzene rings is 2. The number of pyridine rings is 1. The average Bonchev–Trinajstić information content (AvgIpc) is 2.78. The Kier molecular flexibility index (Phi) is 5.53. The smallest absolute Gasteiger partial charge is 0.339 e. The zero-order valence-corrected chi connectivity index (χ0v) is 16.2. The van der Waals surface area contributed by atoms with Gasteiger partial charge in [-0.3, -0.25) is 4.79 Å². The monoisotopic (exact) mass is 390 g/mol. The van der Waals surface area contributed by atoms with Crippen molar-refractivity contribution in [1.29, 1.82) is 0 Å². The van der Waals surface area contributed by atoms with Crippen molar-refractivity contribution in [2.75, 3.05) is 26.3 Å². The van der Waals surface area contributed by atoms with Crippen molar-refractivity contribution in [2.24, 2.45) is 0 Å². The Balaban J connectivity index is 1.63. The summed E-state index contributed by atoms with van der Waals surface area (Å²) in [5, 5.41) is 0.697. The molecule has 0 saturated carbocycles. The maximum absolute atomic E-state index is 13.0. The number of aromatic nitrogens is 1. The van der Waals surface area contributed by atoms with Gasteiger partial charge < -0.3 is 14.4 Å². The Morgan fingerprint density at radius 3 is 2.48 bits per heavy atom. The third-order valence-electron chi connectivity index (χ3n) is 4.96. The van der Waals surface area contributed by atoms with E-state index in [0.717, 1.165) is 5.56 Å². The maximum Gasteiger partial charge on any atom is 0.339 e. The molecule has 0 radical (unpaired) electrons. The number of ether oxygens (including phenoxy) is 2. The molecule has 0 N–H and O–H groups in total. The molecule has 1 unspecified atom stereocenters. The third-order valence-corrected chi connectivity index (χ3v) is 4.96. The highest BCUT2D eigenvalue weighted by Crippen LogP contribution is 2.25. The lowest BCUT2D eigenvalue weighted by Crippen LogP contribution is -2.46. The summed E-state index contributed by atoms with van der Waals surface area (Å²) in [6.45, 7) is 3.63. The summed E-state index contributed by atoms with van der Waals surface area (Å²) >= 11 is 0. The number of morpholine rings is 1. The van der Waals surface area contributed by atoms with E-state index in [1.807, 2.05) is 54.6 Å². The van der Waals surface area contributed by atoms with E-state index < -0.39 is 12.1 Å². The topological polar surface area (TPSA) is 68.7 Å². The number of esters is 1. The van der Waals surface area contributed by atoms with Gasteiger partial charge in [0.1, 0.15) is 0 Å². The molecule has 1 aliphatic rings. The zero-order chi connectivity index (χ0) is 20.2. The van der Waals surface area contributed by atoms with Crippen LogP contribution in [0.5, 0.6) is 0 Å². The molecule has 1 aromatic heterocycles. The van der Waals surface area contributed by atoms with Crippen LogP contribution in [0.1, 0.15) is 17.3 Å². The lowest BCUT2D eigenvalue weighted by molar-refractivity contribution is -0.143. The molecular formula is C23H22N2O4. The second-order valence-corrected chi connectivity index (χ2v) is 6.92. The van der Waals surface area contributed by atoms with E-state index in [1.165, 1.54) is 0 Å². The van der Waals surface area contributed by atoms with Gasteiger partial charge in [0.2, 0.25) is 0 Å². The van der Waals surface area contributed by atoms with E-state index >= 15 is 0 Å². The minimum atomic E-state index is -0.868. The SMILES string of the molecule is CC(OC(=O)c1cc(-c2ccccc2)nc2ccccc12)C(=O)N1CCOCC1. The van der Waals surface area contributed by atoms with Gasteiger partial charge in [0.05, 0.1) is 30.0 Å². The second kappa shape index (κ2) is 8.41. The standard InChI is InChI=1S/C23H22N2O4/c1-16(22(26)25-11-13-28-14-12-25)29-23(27)19-15-21(17-7-3-2-4-8-17)24-20-10-6-5-9-18(19)20/h2-10,15-16H,11-14H2,1H3. The van der Waals surface area contributed by atoms with E-state index in [9.17, 15) is 9.59 Å². The summed E-state index contributed by atoms with van der Waals surface area (Å²) in [5.41, 5.74) is 2.69. The summed E-state index contributed by atoms with van der Waals surface area (Å²) in [4.78, 5) is 31.9. The number of hydrogen-bond acceptors (Lipinski definition) is 5. The molecule has 0 bridgehead atoms. The summed E-state index contributed by atoms with van der Waals surface area (Å²) in [6, 6.07) is 18.8. The van der Waals surface area contributed by atoms with Crippen molar-refractivity contribution in [3.8, 4) is 11.3 Å². The van der Waals surface area contributed by atoms with Gasteiger partial charge in [0.15, 0.2) is 6.10 Å². The van der Waals surface area contributed by atoms with Crippen molar-refractivity contribution >= 4 is 22.8 Å². The van der Waals surface area contributed by atoms with Gasteiger partial charge in [-0.2, -0.15) is 0 Å². The largest absolute Gasteiger partial charge is 0.449 e. The van der Waals surface area contributed by atoms with E-state index in [4.69, 9.17) is 9.47 Å². The van der Waals surface area contributed by atoms with Gasteiger partial charge in [-0.05, 0) is 19.1 Å². The molecule has 1 saturated heterocycles. The summed E-state index contributed by atoms with van der Waals surface area (Å²) in [6.07, 6.45) is -0.868. The van der Waals surface area contributed by atoms with Crippen molar-refractivity contribution in [1.82, 2.24) is 9.88 Å². The summed E-state index contributed by atoms with van der Waals surface area (Å²) in [7, 11) is 0. The van der Waals surface area contributed by atoms with Crippen molar-refractivity contribution in [3.05, 3.63) is 66.2 Å². The third kappa shape index (κ3) is 4.12. The van der Waals surface area contributed by atoms with Crippen LogP contribution in [-0.2, 0) is 14.3 Å². The van der Waals surface area contributed by atoms with Gasteiger partial charge in [-0.25, -0.2) is 9.78 Å². The van der Waals surface area contributed by atoms with Crippen LogP contribution in [0, 0.1) is 0 Å². The Morgan fingerprint density at radius 1 is 1.03 bits per heavy atom. The molecule has 2 aromatic carbocycles. The number of amides is 1. The Morgan fingerprint density at radius 2 is 1.72 bits per heavy atom. The van der Waals surface area contributed by atoms with E-state index in [1.54, 1.807) is 17.9 Å². The lowest BCUT2D eigenvalue weighted by Gasteiger charge is -2.29. The van der Waals surface area contributed by atoms with Crippen LogP contribution < -0.4 is 0 Å². The lowest BCUT2D eigenvalue weighted by atomic mass is 10.0. The van der Waals surface area contributed by atoms with Crippen molar-refractivity contribution < 1.29 is 19.1 Å². The molecule has 1 aliphatic heterocycles. The first kappa shape index (κ1) is 19.1. The summed E-state index contributed by atoms with van der Waals surface area (Å²) in [5.74, 6) is -0.738. The number of nitrogens with zero attached hydrogens (tertiary/aromatic N) is 2. The van der Waals surface area contributed by atoms with Crippen LogP contribution in [0.4, 0.5) is 0 Å². The van der Waals surface area contributed by atoms with E-state index in [0.29, 0.717) is 48.5 Å². The van der Waals surface area contributed by atoms with Crippen LogP contribution in [0.15, 0.2) is 60.7 Å². The van der Waals surface area contributed by atoms with Crippen LogP contribution in [0.3, 0.4) is 0 Å². The molecule has 3 aromatic rings. The quantitative estimate of drug-likeness (QED) is 0.640. The molecule has 4 rings (SSSR count). The molecule has 0 spiro atoms. The van der Waals surface area contributed by atoms with Crippen LogP contribution in [0.25, 0.3) is 22.2 Å². The number of para-hydroxylation sites is 1.